The van der Waals surface area contributed by atoms with Crippen molar-refractivity contribution >= 4 is 21.6 Å². The van der Waals surface area contributed by atoms with Crippen molar-refractivity contribution in [2.45, 2.75) is 18.2 Å². The number of carbonyl (C=O) groups excluding carboxylic acids is 1. The SMILES string of the molecule is CNS(=O)(=O)c1ccc(NC(=O)CC(C)CN)cc1. The maximum Gasteiger partial charge on any atom is 0.240 e. The average molecular weight is 285 g/mol. The van der Waals surface area contributed by atoms with Gasteiger partial charge in [-0.05, 0) is 43.8 Å². The van der Waals surface area contributed by atoms with Crippen molar-refractivity contribution in [1.82, 2.24) is 4.72 Å². The van der Waals surface area contributed by atoms with E-state index in [2.05, 4.69) is 10.0 Å². The molecule has 1 atom stereocenters. The van der Waals surface area contributed by atoms with Gasteiger partial charge in [0.2, 0.25) is 15.9 Å². The monoisotopic (exact) mass is 285 g/mol. The van der Waals surface area contributed by atoms with Gasteiger partial charge in [-0.2, -0.15) is 0 Å². The molecule has 0 saturated heterocycles. The van der Waals surface area contributed by atoms with Gasteiger partial charge in [0.05, 0.1) is 4.90 Å². The van der Waals surface area contributed by atoms with E-state index in [1.807, 2.05) is 6.92 Å². The molecule has 1 rings (SSSR count). The Bertz CT molecular complexity index is 526. The molecule has 0 fully saturated rings. The molecule has 0 aliphatic rings. The minimum Gasteiger partial charge on any atom is -0.330 e. The second-order valence-corrected chi connectivity index (χ2v) is 6.21. The molecule has 19 heavy (non-hydrogen) atoms. The highest BCUT2D eigenvalue weighted by atomic mass is 32.2. The fourth-order valence-corrected chi connectivity index (χ4v) is 2.18. The van der Waals surface area contributed by atoms with E-state index in [-0.39, 0.29) is 16.7 Å². The molecule has 4 N–H and O–H groups in total. The third kappa shape index (κ3) is 4.62. The second-order valence-electron chi connectivity index (χ2n) is 4.33. The summed E-state index contributed by atoms with van der Waals surface area (Å²) in [6.45, 7) is 2.34. The topological polar surface area (TPSA) is 101 Å². The Morgan fingerprint density at radius 2 is 1.89 bits per heavy atom. The van der Waals surface area contributed by atoms with Crippen LogP contribution >= 0.6 is 0 Å². The first-order valence-electron chi connectivity index (χ1n) is 5.92. The first-order valence-corrected chi connectivity index (χ1v) is 7.41. The van der Waals surface area contributed by atoms with Crippen LogP contribution < -0.4 is 15.8 Å². The molecular weight excluding hydrogens is 266 g/mol. The third-order valence-electron chi connectivity index (χ3n) is 2.65. The number of amides is 1. The largest absolute Gasteiger partial charge is 0.330 e. The van der Waals surface area contributed by atoms with Gasteiger partial charge in [-0.1, -0.05) is 6.92 Å². The molecule has 0 bridgehead atoms. The molecule has 1 aromatic carbocycles. The molecule has 0 spiro atoms. The summed E-state index contributed by atoms with van der Waals surface area (Å²) >= 11 is 0. The van der Waals surface area contributed by atoms with E-state index < -0.39 is 10.0 Å². The smallest absolute Gasteiger partial charge is 0.240 e. The Labute approximate surface area is 113 Å². The lowest BCUT2D eigenvalue weighted by molar-refractivity contribution is -0.116. The summed E-state index contributed by atoms with van der Waals surface area (Å²) in [5.41, 5.74) is 6.00. The average Bonchev–Trinajstić information content (AvgIpc) is 2.39. The first-order chi connectivity index (χ1) is 8.89. The maximum atomic E-state index is 11.6. The van der Waals surface area contributed by atoms with Crippen LogP contribution in [0.2, 0.25) is 0 Å². The van der Waals surface area contributed by atoms with Crippen molar-refractivity contribution in [3.63, 3.8) is 0 Å². The number of benzene rings is 1. The van der Waals surface area contributed by atoms with Crippen LogP contribution in [0, 0.1) is 5.92 Å². The van der Waals surface area contributed by atoms with Crippen LogP contribution in [0.25, 0.3) is 0 Å². The molecule has 0 aliphatic carbocycles. The Hall–Kier alpha value is -1.44. The number of hydrogen-bond acceptors (Lipinski definition) is 4. The summed E-state index contributed by atoms with van der Waals surface area (Å²) < 4.78 is 25.2. The van der Waals surface area contributed by atoms with Crippen LogP contribution in [-0.2, 0) is 14.8 Å². The fraction of sp³-hybridized carbons (Fsp3) is 0.417. The van der Waals surface area contributed by atoms with Gasteiger partial charge in [-0.3, -0.25) is 4.79 Å². The van der Waals surface area contributed by atoms with Gasteiger partial charge in [0.15, 0.2) is 0 Å². The van der Waals surface area contributed by atoms with Gasteiger partial charge >= 0.3 is 0 Å². The van der Waals surface area contributed by atoms with E-state index in [1.165, 1.54) is 19.2 Å². The Morgan fingerprint density at radius 3 is 2.37 bits per heavy atom. The van der Waals surface area contributed by atoms with Crippen LogP contribution in [0.5, 0.6) is 0 Å². The predicted molar refractivity (Wildman–Crippen MR) is 74.2 cm³/mol. The van der Waals surface area contributed by atoms with Crippen LogP contribution in [-0.4, -0.2) is 27.9 Å². The van der Waals surface area contributed by atoms with E-state index in [1.54, 1.807) is 12.1 Å². The minimum atomic E-state index is -3.45. The van der Waals surface area contributed by atoms with Crippen molar-refractivity contribution in [3.8, 4) is 0 Å². The highest BCUT2D eigenvalue weighted by Crippen LogP contribution is 2.14. The Morgan fingerprint density at radius 1 is 1.32 bits per heavy atom. The van der Waals surface area contributed by atoms with Gasteiger partial charge in [-0.25, -0.2) is 13.1 Å². The van der Waals surface area contributed by atoms with Gasteiger partial charge in [-0.15, -0.1) is 0 Å². The zero-order chi connectivity index (χ0) is 14.5. The van der Waals surface area contributed by atoms with E-state index in [0.29, 0.717) is 18.7 Å². The van der Waals surface area contributed by atoms with Crippen LogP contribution in [0.1, 0.15) is 13.3 Å². The van der Waals surface area contributed by atoms with Crippen LogP contribution in [0.3, 0.4) is 0 Å². The molecule has 6 nitrogen and oxygen atoms in total. The standard InChI is InChI=1S/C12H19N3O3S/c1-9(8-13)7-12(16)15-10-3-5-11(6-4-10)19(17,18)14-2/h3-6,9,14H,7-8,13H2,1-2H3,(H,15,16). The Kier molecular flexibility index (Phi) is 5.46. The number of hydrogen-bond donors (Lipinski definition) is 3. The molecule has 1 amide bonds. The zero-order valence-corrected chi connectivity index (χ0v) is 11.8. The van der Waals surface area contributed by atoms with Gasteiger partial charge < -0.3 is 11.1 Å². The number of rotatable bonds is 6. The Balaban J connectivity index is 2.70. The molecule has 0 heterocycles. The van der Waals surface area contributed by atoms with Crippen molar-refractivity contribution in [1.29, 1.82) is 0 Å². The van der Waals surface area contributed by atoms with Crippen molar-refractivity contribution in [2.24, 2.45) is 11.7 Å². The lowest BCUT2D eigenvalue weighted by Gasteiger charge is -2.09. The highest BCUT2D eigenvalue weighted by molar-refractivity contribution is 7.89. The van der Waals surface area contributed by atoms with Gasteiger partial charge in [0.1, 0.15) is 0 Å². The first kappa shape index (κ1) is 15.6. The van der Waals surface area contributed by atoms with E-state index >= 15 is 0 Å². The predicted octanol–water partition coefficient (Wildman–Crippen LogP) is 0.518. The van der Waals surface area contributed by atoms with E-state index in [0.717, 1.165) is 0 Å². The molecular formula is C12H19N3O3S. The normalized spacial score (nSPS) is 13.0. The second kappa shape index (κ2) is 6.65. The molecule has 106 valence electrons. The molecule has 0 radical (unpaired) electrons. The number of sulfonamides is 1. The number of nitrogens with two attached hydrogens (primary N) is 1. The summed E-state index contributed by atoms with van der Waals surface area (Å²) in [7, 11) is -2.10. The van der Waals surface area contributed by atoms with Crippen molar-refractivity contribution in [2.75, 3.05) is 18.9 Å². The maximum absolute atomic E-state index is 11.6. The molecule has 1 unspecified atom stereocenters. The lowest BCUT2D eigenvalue weighted by Crippen LogP contribution is -2.20. The molecule has 0 saturated carbocycles. The molecule has 0 aliphatic heterocycles. The highest BCUT2D eigenvalue weighted by Gasteiger charge is 2.11. The van der Waals surface area contributed by atoms with E-state index in [4.69, 9.17) is 5.73 Å². The van der Waals surface area contributed by atoms with Crippen LogP contribution in [0.15, 0.2) is 29.2 Å². The van der Waals surface area contributed by atoms with Crippen molar-refractivity contribution in [3.05, 3.63) is 24.3 Å². The molecule has 0 aromatic heterocycles. The van der Waals surface area contributed by atoms with E-state index in [9.17, 15) is 13.2 Å². The minimum absolute atomic E-state index is 0.115. The fourth-order valence-electron chi connectivity index (χ4n) is 1.45. The summed E-state index contributed by atoms with van der Waals surface area (Å²) in [6.07, 6.45) is 0.340. The summed E-state index contributed by atoms with van der Waals surface area (Å²) in [5, 5.41) is 2.69. The number of anilines is 1. The summed E-state index contributed by atoms with van der Waals surface area (Å²) in [4.78, 5) is 11.8. The molecule has 7 heteroatoms. The summed E-state index contributed by atoms with van der Waals surface area (Å²) in [6, 6.07) is 5.98. The number of nitrogens with one attached hydrogen (secondary N) is 2. The zero-order valence-electron chi connectivity index (χ0n) is 11.0. The van der Waals surface area contributed by atoms with Crippen LogP contribution in [0.4, 0.5) is 5.69 Å². The lowest BCUT2D eigenvalue weighted by atomic mass is 10.1. The number of carbonyl (C=O) groups is 1. The van der Waals surface area contributed by atoms with Gasteiger partial charge in [0.25, 0.3) is 0 Å². The third-order valence-corrected chi connectivity index (χ3v) is 4.08. The molecule has 1 aromatic rings. The van der Waals surface area contributed by atoms with Gasteiger partial charge in [0, 0.05) is 12.1 Å². The van der Waals surface area contributed by atoms with Crippen molar-refractivity contribution < 1.29 is 13.2 Å². The quantitative estimate of drug-likeness (QED) is 0.709. The summed E-state index contributed by atoms with van der Waals surface area (Å²) in [5.74, 6) is -0.0221.